The minimum atomic E-state index is -0.890. The Morgan fingerprint density at radius 1 is 1.47 bits per heavy atom. The van der Waals surface area contributed by atoms with Crippen LogP contribution in [-0.2, 0) is 10.8 Å². The van der Waals surface area contributed by atoms with Gasteiger partial charge in [-0.1, -0.05) is 0 Å². The van der Waals surface area contributed by atoms with E-state index in [0.29, 0.717) is 17.6 Å². The van der Waals surface area contributed by atoms with Crippen LogP contribution in [0, 0.1) is 0 Å². The summed E-state index contributed by atoms with van der Waals surface area (Å²) in [7, 11) is -0.890. The number of imidazole rings is 1. The normalized spacial score (nSPS) is 14.0. The van der Waals surface area contributed by atoms with Crippen LogP contribution in [0.4, 0.5) is 11.9 Å². The largest absolute Gasteiger partial charge is 0.368 e. The Hall–Kier alpha value is -2.03. The Morgan fingerprint density at radius 3 is 2.89 bits per heavy atom. The average molecular weight is 281 g/mol. The van der Waals surface area contributed by atoms with Crippen molar-refractivity contribution in [3.05, 3.63) is 18.7 Å². The number of hydrogen-bond donors (Lipinski definition) is 2. The summed E-state index contributed by atoms with van der Waals surface area (Å²) in [6.45, 7) is 1.90. The number of aromatic nitrogens is 5. The fourth-order valence-electron chi connectivity index (χ4n) is 1.55. The van der Waals surface area contributed by atoms with Crippen molar-refractivity contribution in [1.82, 2.24) is 24.5 Å². The quantitative estimate of drug-likeness (QED) is 0.781. The molecule has 102 valence electrons. The van der Waals surface area contributed by atoms with Gasteiger partial charge in [0.15, 0.2) is 0 Å². The molecule has 2 aromatic rings. The summed E-state index contributed by atoms with van der Waals surface area (Å²) in [4.78, 5) is 16.2. The Morgan fingerprint density at radius 2 is 2.26 bits per heavy atom. The number of nitrogens with two attached hydrogens (primary N) is 1. The summed E-state index contributed by atoms with van der Waals surface area (Å²) in [5.74, 6) is 1.36. The highest BCUT2D eigenvalue weighted by Crippen LogP contribution is 2.08. The third kappa shape index (κ3) is 3.71. The molecule has 0 saturated carbocycles. The van der Waals surface area contributed by atoms with Crippen molar-refractivity contribution in [2.75, 3.05) is 23.1 Å². The van der Waals surface area contributed by atoms with Gasteiger partial charge in [0, 0.05) is 41.2 Å². The Labute approximate surface area is 113 Å². The number of rotatable bonds is 5. The predicted octanol–water partition coefficient (Wildman–Crippen LogP) is -0.182. The lowest BCUT2D eigenvalue weighted by atomic mass is 10.4. The first-order valence-corrected chi connectivity index (χ1v) is 7.34. The molecular formula is C10H15N7OS. The fourth-order valence-corrected chi connectivity index (χ4v) is 2.34. The van der Waals surface area contributed by atoms with Crippen molar-refractivity contribution in [3.63, 3.8) is 0 Å². The van der Waals surface area contributed by atoms with Crippen molar-refractivity contribution in [3.8, 4) is 5.95 Å². The SMILES string of the molecule is CC(CS(C)=O)Nc1nc(N)nc(-n2ccnc2)n1. The van der Waals surface area contributed by atoms with Gasteiger partial charge in [0.2, 0.25) is 17.8 Å². The minimum absolute atomic E-state index is 0.0247. The molecular weight excluding hydrogens is 266 g/mol. The summed E-state index contributed by atoms with van der Waals surface area (Å²) in [5, 5.41) is 3.05. The zero-order valence-corrected chi connectivity index (χ0v) is 11.5. The van der Waals surface area contributed by atoms with Crippen molar-refractivity contribution < 1.29 is 4.21 Å². The zero-order valence-electron chi connectivity index (χ0n) is 10.6. The van der Waals surface area contributed by atoms with Gasteiger partial charge in [-0.05, 0) is 6.92 Å². The standard InChI is InChI=1S/C10H15N7OS/c1-7(5-19(2)18)13-9-14-8(11)15-10(16-9)17-4-3-12-6-17/h3-4,6-7H,5H2,1-2H3,(H3,11,13,14,15,16). The van der Waals surface area contributed by atoms with Gasteiger partial charge in [0.05, 0.1) is 0 Å². The van der Waals surface area contributed by atoms with E-state index in [2.05, 4.69) is 25.3 Å². The fraction of sp³-hybridized carbons (Fsp3) is 0.400. The molecule has 2 atom stereocenters. The van der Waals surface area contributed by atoms with Gasteiger partial charge < -0.3 is 11.1 Å². The molecule has 19 heavy (non-hydrogen) atoms. The Bertz CT molecular complexity index is 571. The molecule has 3 N–H and O–H groups in total. The minimum Gasteiger partial charge on any atom is -0.368 e. The van der Waals surface area contributed by atoms with Crippen LogP contribution in [-0.4, -0.2) is 46.8 Å². The summed E-state index contributed by atoms with van der Waals surface area (Å²) < 4.78 is 12.8. The highest BCUT2D eigenvalue weighted by Gasteiger charge is 2.10. The van der Waals surface area contributed by atoms with Crippen LogP contribution in [0.15, 0.2) is 18.7 Å². The molecule has 0 fully saturated rings. The number of anilines is 2. The van der Waals surface area contributed by atoms with Crippen LogP contribution in [0.2, 0.25) is 0 Å². The molecule has 0 amide bonds. The highest BCUT2D eigenvalue weighted by atomic mass is 32.2. The van der Waals surface area contributed by atoms with Crippen LogP contribution in [0.3, 0.4) is 0 Å². The maximum absolute atomic E-state index is 11.1. The molecule has 0 radical (unpaired) electrons. The Kier molecular flexibility index (Phi) is 4.05. The second kappa shape index (κ2) is 5.74. The maximum atomic E-state index is 11.1. The average Bonchev–Trinajstić information content (AvgIpc) is 2.79. The molecule has 0 aliphatic carbocycles. The molecule has 0 aromatic carbocycles. The molecule has 0 aliphatic heterocycles. The molecule has 8 nitrogen and oxygen atoms in total. The van der Waals surface area contributed by atoms with Gasteiger partial charge >= 0.3 is 0 Å². The van der Waals surface area contributed by atoms with Crippen molar-refractivity contribution >= 4 is 22.7 Å². The highest BCUT2D eigenvalue weighted by molar-refractivity contribution is 7.84. The number of nitrogens with zero attached hydrogens (tertiary/aromatic N) is 5. The van der Waals surface area contributed by atoms with Gasteiger partial charge in [0.1, 0.15) is 6.33 Å². The summed E-state index contributed by atoms with van der Waals surface area (Å²) >= 11 is 0. The molecule has 2 aromatic heterocycles. The molecule has 0 spiro atoms. The Balaban J connectivity index is 2.20. The topological polar surface area (TPSA) is 112 Å². The number of nitrogen functional groups attached to an aromatic ring is 1. The lowest BCUT2D eigenvalue weighted by Crippen LogP contribution is -2.24. The predicted molar refractivity (Wildman–Crippen MR) is 73.4 cm³/mol. The van der Waals surface area contributed by atoms with Crippen LogP contribution < -0.4 is 11.1 Å². The van der Waals surface area contributed by atoms with E-state index in [1.807, 2.05) is 6.92 Å². The second-order valence-corrected chi connectivity index (χ2v) is 5.55. The first kappa shape index (κ1) is 13.4. The number of nitrogens with one attached hydrogen (secondary N) is 1. The van der Waals surface area contributed by atoms with E-state index >= 15 is 0 Å². The summed E-state index contributed by atoms with van der Waals surface area (Å²) in [5.41, 5.74) is 5.65. The summed E-state index contributed by atoms with van der Waals surface area (Å²) in [6, 6.07) is -0.0247. The van der Waals surface area contributed by atoms with E-state index < -0.39 is 10.8 Å². The van der Waals surface area contributed by atoms with E-state index in [0.717, 1.165) is 0 Å². The molecule has 2 heterocycles. The third-order valence-corrected chi connectivity index (χ3v) is 3.21. The van der Waals surface area contributed by atoms with E-state index in [4.69, 9.17) is 5.73 Å². The van der Waals surface area contributed by atoms with Gasteiger partial charge in [0.25, 0.3) is 0 Å². The molecule has 2 unspecified atom stereocenters. The van der Waals surface area contributed by atoms with Crippen LogP contribution >= 0.6 is 0 Å². The molecule has 9 heteroatoms. The molecule has 0 aliphatic rings. The van der Waals surface area contributed by atoms with Crippen LogP contribution in [0.5, 0.6) is 0 Å². The lowest BCUT2D eigenvalue weighted by molar-refractivity contribution is 0.682. The van der Waals surface area contributed by atoms with Crippen molar-refractivity contribution in [2.45, 2.75) is 13.0 Å². The monoisotopic (exact) mass is 281 g/mol. The van der Waals surface area contributed by atoms with Gasteiger partial charge in [-0.3, -0.25) is 8.78 Å². The summed E-state index contributed by atoms with van der Waals surface area (Å²) in [6.07, 6.45) is 6.55. The molecule has 0 saturated heterocycles. The van der Waals surface area contributed by atoms with Crippen molar-refractivity contribution in [2.24, 2.45) is 0 Å². The van der Waals surface area contributed by atoms with Gasteiger partial charge in [-0.25, -0.2) is 4.98 Å². The first-order valence-electron chi connectivity index (χ1n) is 5.61. The van der Waals surface area contributed by atoms with Crippen LogP contribution in [0.1, 0.15) is 6.92 Å². The number of hydrogen-bond acceptors (Lipinski definition) is 7. The van der Waals surface area contributed by atoms with Crippen LogP contribution in [0.25, 0.3) is 5.95 Å². The molecule has 2 rings (SSSR count). The van der Waals surface area contributed by atoms with E-state index in [1.54, 1.807) is 29.5 Å². The van der Waals surface area contributed by atoms with Gasteiger partial charge in [-0.2, -0.15) is 15.0 Å². The van der Waals surface area contributed by atoms with E-state index in [9.17, 15) is 4.21 Å². The van der Waals surface area contributed by atoms with Gasteiger partial charge in [-0.15, -0.1) is 0 Å². The van der Waals surface area contributed by atoms with E-state index in [1.165, 1.54) is 0 Å². The molecule has 0 bridgehead atoms. The maximum Gasteiger partial charge on any atom is 0.241 e. The van der Waals surface area contributed by atoms with E-state index in [-0.39, 0.29) is 12.0 Å². The zero-order chi connectivity index (χ0) is 13.8. The van der Waals surface area contributed by atoms with Crippen molar-refractivity contribution in [1.29, 1.82) is 0 Å². The second-order valence-electron chi connectivity index (χ2n) is 4.07. The first-order chi connectivity index (χ1) is 9.04. The lowest BCUT2D eigenvalue weighted by Gasteiger charge is -2.13. The third-order valence-electron chi connectivity index (χ3n) is 2.24. The smallest absolute Gasteiger partial charge is 0.241 e.